The first-order chi connectivity index (χ1) is 15.0. The molecule has 0 radical (unpaired) electrons. The second-order valence-corrected chi connectivity index (χ2v) is 7.50. The Morgan fingerprint density at radius 3 is 3.00 bits per heavy atom. The van der Waals surface area contributed by atoms with Gasteiger partial charge in [-0.25, -0.2) is 9.37 Å². The molecule has 1 amide bonds. The summed E-state index contributed by atoms with van der Waals surface area (Å²) in [5, 5.41) is 11.2. The van der Waals surface area contributed by atoms with Crippen LogP contribution in [0.2, 0.25) is 0 Å². The van der Waals surface area contributed by atoms with Crippen molar-refractivity contribution in [2.24, 2.45) is 0 Å². The number of fused-ring (bicyclic) bond motifs is 2. The number of aromatic amines is 1. The minimum Gasteiger partial charge on any atom is -0.442 e. The molecular formula is C21H19FN6O3. The zero-order chi connectivity index (χ0) is 21.5. The van der Waals surface area contributed by atoms with Gasteiger partial charge in [0.05, 0.1) is 17.5 Å². The lowest BCUT2D eigenvalue weighted by atomic mass is 10.1. The van der Waals surface area contributed by atoms with Crippen LogP contribution in [0.15, 0.2) is 33.7 Å². The molecule has 0 saturated carbocycles. The normalized spacial score (nSPS) is 13.7. The van der Waals surface area contributed by atoms with Crippen LogP contribution in [0.3, 0.4) is 0 Å². The van der Waals surface area contributed by atoms with Gasteiger partial charge in [0.25, 0.3) is 11.5 Å². The molecular weight excluding hydrogens is 403 g/mol. The maximum absolute atomic E-state index is 14.7. The van der Waals surface area contributed by atoms with Crippen molar-refractivity contribution in [2.45, 2.75) is 39.2 Å². The fraction of sp³-hybridized carbons (Fsp3) is 0.286. The van der Waals surface area contributed by atoms with Gasteiger partial charge in [-0.15, -0.1) is 10.2 Å². The molecule has 0 atom stereocenters. The van der Waals surface area contributed by atoms with E-state index in [-0.39, 0.29) is 28.0 Å². The summed E-state index contributed by atoms with van der Waals surface area (Å²) < 4.78 is 22.1. The number of carbonyl (C=O) groups is 1. The number of anilines is 1. The van der Waals surface area contributed by atoms with Gasteiger partial charge in [-0.2, -0.15) is 0 Å². The van der Waals surface area contributed by atoms with Crippen molar-refractivity contribution >= 4 is 22.7 Å². The lowest BCUT2D eigenvalue weighted by Crippen LogP contribution is -2.16. The first-order valence-corrected chi connectivity index (χ1v) is 10.0. The summed E-state index contributed by atoms with van der Waals surface area (Å²) in [6, 6.07) is 4.25. The topological polar surface area (TPSA) is 119 Å². The van der Waals surface area contributed by atoms with Gasteiger partial charge in [-0.1, -0.05) is 6.42 Å². The quantitative estimate of drug-likeness (QED) is 0.523. The van der Waals surface area contributed by atoms with Crippen molar-refractivity contribution < 1.29 is 13.6 Å². The van der Waals surface area contributed by atoms with E-state index in [4.69, 9.17) is 4.42 Å². The van der Waals surface area contributed by atoms with Crippen LogP contribution in [0.5, 0.6) is 0 Å². The predicted octanol–water partition coefficient (Wildman–Crippen LogP) is 3.20. The highest BCUT2D eigenvalue weighted by Gasteiger charge is 2.23. The van der Waals surface area contributed by atoms with Crippen molar-refractivity contribution in [3.05, 3.63) is 57.8 Å². The number of rotatable bonds is 3. The molecule has 0 bridgehead atoms. The molecule has 0 spiro atoms. The van der Waals surface area contributed by atoms with Gasteiger partial charge in [0.2, 0.25) is 5.71 Å². The molecule has 10 heteroatoms. The summed E-state index contributed by atoms with van der Waals surface area (Å²) in [6.07, 6.45) is 5.12. The number of amides is 1. The molecule has 5 rings (SSSR count). The second kappa shape index (κ2) is 7.46. The number of carbonyl (C=O) groups excluding carboxylic acids is 1. The molecule has 1 aromatic carbocycles. The minimum absolute atomic E-state index is 0.0719. The average Bonchev–Trinajstić information content (AvgIpc) is 3.21. The lowest BCUT2D eigenvalue weighted by Gasteiger charge is -2.10. The van der Waals surface area contributed by atoms with Crippen LogP contribution >= 0.6 is 0 Å². The molecule has 1 aliphatic rings. The van der Waals surface area contributed by atoms with Crippen LogP contribution in [0, 0.1) is 12.7 Å². The van der Waals surface area contributed by atoms with E-state index in [2.05, 4.69) is 25.5 Å². The van der Waals surface area contributed by atoms with Gasteiger partial charge in [0, 0.05) is 18.7 Å². The first kappa shape index (κ1) is 19.2. The fourth-order valence-corrected chi connectivity index (χ4v) is 3.98. The molecule has 0 saturated heterocycles. The molecule has 0 unspecified atom stereocenters. The first-order valence-electron chi connectivity index (χ1n) is 10.0. The van der Waals surface area contributed by atoms with Gasteiger partial charge >= 0.3 is 0 Å². The monoisotopic (exact) mass is 422 g/mol. The second-order valence-electron chi connectivity index (χ2n) is 7.50. The summed E-state index contributed by atoms with van der Waals surface area (Å²) in [7, 11) is 0. The molecule has 9 nitrogen and oxygen atoms in total. The number of H-pyrrole nitrogens is 1. The van der Waals surface area contributed by atoms with Crippen molar-refractivity contribution in [2.75, 3.05) is 5.32 Å². The standard InChI is InChI=1S/C21H19FN6O3/c1-11-16(17-19(29)23-10-24-21(17)31-11)20(30)25-12-6-7-14(22)13(9-12)18-27-26-15-5-3-2-4-8-28(15)18/h6-7,9-10H,2-5,8H2,1H3,(H,25,30)(H,23,24,29). The zero-order valence-corrected chi connectivity index (χ0v) is 16.7. The number of hydrogen-bond donors (Lipinski definition) is 2. The molecule has 31 heavy (non-hydrogen) atoms. The molecule has 4 aromatic rings. The van der Waals surface area contributed by atoms with E-state index in [1.807, 2.05) is 4.57 Å². The van der Waals surface area contributed by atoms with E-state index in [1.54, 1.807) is 6.92 Å². The Kier molecular flexibility index (Phi) is 4.61. The minimum atomic E-state index is -0.549. The number of benzene rings is 1. The fourth-order valence-electron chi connectivity index (χ4n) is 3.98. The predicted molar refractivity (Wildman–Crippen MR) is 110 cm³/mol. The number of halogens is 1. The third-order valence-corrected chi connectivity index (χ3v) is 5.47. The molecule has 0 fully saturated rings. The van der Waals surface area contributed by atoms with Crippen molar-refractivity contribution in [3.63, 3.8) is 0 Å². The number of aryl methyl sites for hydroxylation is 2. The van der Waals surface area contributed by atoms with E-state index >= 15 is 0 Å². The smallest absolute Gasteiger partial charge is 0.262 e. The van der Waals surface area contributed by atoms with Crippen LogP contribution in [-0.4, -0.2) is 30.6 Å². The SMILES string of the molecule is Cc1oc2nc[nH]c(=O)c2c1C(=O)Nc1ccc(F)c(-c2nnc3n2CCCCC3)c1. The number of furan rings is 1. The lowest BCUT2D eigenvalue weighted by molar-refractivity contribution is 0.102. The Labute approximate surface area is 175 Å². The molecule has 158 valence electrons. The Balaban J connectivity index is 1.51. The molecule has 4 heterocycles. The molecule has 2 N–H and O–H groups in total. The maximum atomic E-state index is 14.7. The van der Waals surface area contributed by atoms with Crippen LogP contribution in [0.4, 0.5) is 10.1 Å². The Morgan fingerprint density at radius 2 is 2.13 bits per heavy atom. The zero-order valence-electron chi connectivity index (χ0n) is 16.7. The Hall–Kier alpha value is -3.82. The Morgan fingerprint density at radius 1 is 1.26 bits per heavy atom. The van der Waals surface area contributed by atoms with Crippen molar-refractivity contribution in [1.82, 2.24) is 24.7 Å². The number of nitrogens with one attached hydrogen (secondary N) is 2. The van der Waals surface area contributed by atoms with Crippen LogP contribution < -0.4 is 10.9 Å². The van der Waals surface area contributed by atoms with Crippen molar-refractivity contribution in [1.29, 1.82) is 0 Å². The number of aromatic nitrogens is 5. The summed E-state index contributed by atoms with van der Waals surface area (Å²) >= 11 is 0. The molecule has 0 aliphatic carbocycles. The van der Waals surface area contributed by atoms with Gasteiger partial charge in [0.15, 0.2) is 5.82 Å². The van der Waals surface area contributed by atoms with Gasteiger partial charge < -0.3 is 19.3 Å². The van der Waals surface area contributed by atoms with Gasteiger partial charge in [-0.05, 0) is 38.0 Å². The van der Waals surface area contributed by atoms with E-state index in [1.165, 1.54) is 24.5 Å². The van der Waals surface area contributed by atoms with Crippen molar-refractivity contribution in [3.8, 4) is 11.4 Å². The average molecular weight is 422 g/mol. The molecule has 1 aliphatic heterocycles. The van der Waals surface area contributed by atoms with Gasteiger partial charge in [-0.3, -0.25) is 9.59 Å². The highest BCUT2D eigenvalue weighted by Crippen LogP contribution is 2.28. The maximum Gasteiger partial charge on any atom is 0.262 e. The van der Waals surface area contributed by atoms with E-state index in [9.17, 15) is 14.0 Å². The summed E-state index contributed by atoms with van der Waals surface area (Å²) in [5.41, 5.74) is 0.315. The van der Waals surface area contributed by atoms with E-state index in [0.29, 0.717) is 11.5 Å². The summed E-state index contributed by atoms with van der Waals surface area (Å²) in [4.78, 5) is 31.5. The largest absolute Gasteiger partial charge is 0.442 e. The summed E-state index contributed by atoms with van der Waals surface area (Å²) in [6.45, 7) is 2.31. The Bertz CT molecular complexity index is 1370. The number of hydrogen-bond acceptors (Lipinski definition) is 6. The van der Waals surface area contributed by atoms with Crippen LogP contribution in [0.1, 0.15) is 41.2 Å². The number of nitrogens with zero attached hydrogens (tertiary/aromatic N) is 4. The van der Waals surface area contributed by atoms with E-state index in [0.717, 1.165) is 38.1 Å². The van der Waals surface area contributed by atoms with E-state index < -0.39 is 17.3 Å². The third-order valence-electron chi connectivity index (χ3n) is 5.47. The highest BCUT2D eigenvalue weighted by atomic mass is 19.1. The van der Waals surface area contributed by atoms with Crippen LogP contribution in [-0.2, 0) is 13.0 Å². The molecule has 3 aromatic heterocycles. The van der Waals surface area contributed by atoms with Crippen LogP contribution in [0.25, 0.3) is 22.5 Å². The third kappa shape index (κ3) is 3.29. The highest BCUT2D eigenvalue weighted by molar-refractivity contribution is 6.12. The summed E-state index contributed by atoms with van der Waals surface area (Å²) in [5.74, 6) is 0.543. The van der Waals surface area contributed by atoms with Gasteiger partial charge in [0.1, 0.15) is 22.8 Å².